The Bertz CT molecular complexity index is 504. The summed E-state index contributed by atoms with van der Waals surface area (Å²) in [5.74, 6) is 0. The van der Waals surface area contributed by atoms with Gasteiger partial charge in [-0.1, -0.05) is 29.8 Å². The average molecular weight is 291 g/mol. The van der Waals surface area contributed by atoms with Gasteiger partial charge in [-0.15, -0.1) is 0 Å². The van der Waals surface area contributed by atoms with Crippen molar-refractivity contribution in [2.45, 2.75) is 45.8 Å². The molecule has 4 heteroatoms. The third-order valence-corrected chi connectivity index (χ3v) is 3.59. The summed E-state index contributed by atoms with van der Waals surface area (Å²) in [4.78, 5) is 14.0. The summed E-state index contributed by atoms with van der Waals surface area (Å²) in [7, 11) is 0. The fraction of sp³-hybridized carbons (Fsp3) is 0.588. The van der Waals surface area contributed by atoms with Crippen molar-refractivity contribution in [2.24, 2.45) is 0 Å². The first-order chi connectivity index (χ1) is 9.70. The van der Waals surface area contributed by atoms with Crippen LogP contribution in [0.4, 0.5) is 4.79 Å². The average Bonchev–Trinajstić information content (AvgIpc) is 2.37. The zero-order valence-corrected chi connectivity index (χ0v) is 13.6. The number of carbonyl (C=O) groups is 1. The number of rotatable bonds is 1. The molecule has 1 heterocycles. The van der Waals surface area contributed by atoms with Gasteiger partial charge in [0.25, 0.3) is 0 Å². The molecule has 0 aromatic heterocycles. The Hall–Kier alpha value is -1.55. The van der Waals surface area contributed by atoms with Crippen LogP contribution < -0.4 is 0 Å². The van der Waals surface area contributed by atoms with Crippen LogP contribution in [0.25, 0.3) is 0 Å². The lowest BCUT2D eigenvalue weighted by Gasteiger charge is -2.41. The monoisotopic (exact) mass is 291 g/mol. The highest BCUT2D eigenvalue weighted by Gasteiger charge is 2.37. The highest BCUT2D eigenvalue weighted by molar-refractivity contribution is 5.68. The number of nitrogens with zero attached hydrogens (tertiary/aromatic N) is 1. The highest BCUT2D eigenvalue weighted by Crippen LogP contribution is 2.30. The Balaban J connectivity index is 2.12. The van der Waals surface area contributed by atoms with Gasteiger partial charge in [-0.3, -0.25) is 0 Å². The van der Waals surface area contributed by atoms with E-state index >= 15 is 0 Å². The lowest BCUT2D eigenvalue weighted by atomic mass is 9.93. The van der Waals surface area contributed by atoms with Gasteiger partial charge in [-0.05, 0) is 40.2 Å². The van der Waals surface area contributed by atoms with E-state index < -0.39 is 11.2 Å². The zero-order valence-electron chi connectivity index (χ0n) is 13.6. The van der Waals surface area contributed by atoms with Crippen LogP contribution in [-0.4, -0.2) is 36.3 Å². The minimum Gasteiger partial charge on any atom is -0.444 e. The summed E-state index contributed by atoms with van der Waals surface area (Å²) in [6.07, 6.45) is -0.274. The number of ether oxygens (including phenoxy) is 2. The van der Waals surface area contributed by atoms with Crippen molar-refractivity contribution in [3.05, 3.63) is 35.4 Å². The first kappa shape index (κ1) is 15.8. The Kier molecular flexibility index (Phi) is 4.28. The number of hydrogen-bond donors (Lipinski definition) is 0. The van der Waals surface area contributed by atoms with E-state index in [1.54, 1.807) is 4.90 Å². The molecule has 21 heavy (non-hydrogen) atoms. The van der Waals surface area contributed by atoms with Gasteiger partial charge in [0.05, 0.1) is 13.2 Å². The molecule has 0 spiro atoms. The van der Waals surface area contributed by atoms with E-state index in [1.165, 1.54) is 5.56 Å². The molecule has 1 amide bonds. The second-order valence-electron chi connectivity index (χ2n) is 6.85. The number of carbonyl (C=O) groups excluding carboxylic acids is 1. The standard InChI is InChI=1S/C17H25NO3/c1-13-6-8-14(9-7-13)17(5)12-18(10-11-20-17)15(19)21-16(2,3)4/h6-9H,10-12H2,1-5H3/t17-/m0/s1. The van der Waals surface area contributed by atoms with E-state index in [4.69, 9.17) is 9.47 Å². The van der Waals surface area contributed by atoms with E-state index in [1.807, 2.05) is 27.7 Å². The quantitative estimate of drug-likeness (QED) is 0.795. The molecule has 1 aromatic rings. The lowest BCUT2D eigenvalue weighted by molar-refractivity contribution is -0.103. The maximum absolute atomic E-state index is 12.2. The molecule has 4 nitrogen and oxygen atoms in total. The Morgan fingerprint density at radius 3 is 2.48 bits per heavy atom. The van der Waals surface area contributed by atoms with E-state index in [0.29, 0.717) is 19.7 Å². The van der Waals surface area contributed by atoms with E-state index in [-0.39, 0.29) is 6.09 Å². The molecule has 0 radical (unpaired) electrons. The van der Waals surface area contributed by atoms with Crippen LogP contribution >= 0.6 is 0 Å². The van der Waals surface area contributed by atoms with E-state index in [2.05, 4.69) is 31.2 Å². The Labute approximate surface area is 127 Å². The van der Waals surface area contributed by atoms with Gasteiger partial charge in [0.2, 0.25) is 0 Å². The van der Waals surface area contributed by atoms with Crippen LogP contribution in [0.5, 0.6) is 0 Å². The smallest absolute Gasteiger partial charge is 0.410 e. The number of amides is 1. The highest BCUT2D eigenvalue weighted by atomic mass is 16.6. The van der Waals surface area contributed by atoms with Gasteiger partial charge in [-0.2, -0.15) is 0 Å². The van der Waals surface area contributed by atoms with Crippen molar-refractivity contribution in [3.63, 3.8) is 0 Å². The van der Waals surface area contributed by atoms with Gasteiger partial charge >= 0.3 is 6.09 Å². The van der Waals surface area contributed by atoms with Crippen molar-refractivity contribution < 1.29 is 14.3 Å². The molecule has 1 fully saturated rings. The molecule has 0 aliphatic carbocycles. The first-order valence-corrected chi connectivity index (χ1v) is 7.39. The van der Waals surface area contributed by atoms with E-state index in [0.717, 1.165) is 5.56 Å². The molecular formula is C17H25NO3. The lowest BCUT2D eigenvalue weighted by Crippen LogP contribution is -2.51. The third kappa shape index (κ3) is 3.97. The predicted octanol–water partition coefficient (Wildman–Crippen LogP) is 3.48. The van der Waals surface area contributed by atoms with Gasteiger partial charge in [0, 0.05) is 6.54 Å². The summed E-state index contributed by atoms with van der Waals surface area (Å²) in [5, 5.41) is 0. The molecule has 0 N–H and O–H groups in total. The molecule has 2 rings (SSSR count). The molecule has 1 aliphatic heterocycles. The summed E-state index contributed by atoms with van der Waals surface area (Å²) < 4.78 is 11.4. The molecule has 1 aliphatic rings. The summed E-state index contributed by atoms with van der Waals surface area (Å²) in [5.41, 5.74) is 1.34. The van der Waals surface area contributed by atoms with Crippen molar-refractivity contribution in [1.82, 2.24) is 4.90 Å². The van der Waals surface area contributed by atoms with Crippen molar-refractivity contribution in [3.8, 4) is 0 Å². The van der Waals surface area contributed by atoms with Crippen LogP contribution in [0.1, 0.15) is 38.8 Å². The minimum absolute atomic E-state index is 0.274. The van der Waals surface area contributed by atoms with Crippen LogP contribution in [-0.2, 0) is 15.1 Å². The molecular weight excluding hydrogens is 266 g/mol. The summed E-state index contributed by atoms with van der Waals surface area (Å²) >= 11 is 0. The van der Waals surface area contributed by atoms with Crippen molar-refractivity contribution >= 4 is 6.09 Å². The topological polar surface area (TPSA) is 38.8 Å². The Morgan fingerprint density at radius 2 is 1.90 bits per heavy atom. The van der Waals surface area contributed by atoms with Gasteiger partial charge in [-0.25, -0.2) is 4.79 Å². The van der Waals surface area contributed by atoms with Gasteiger partial charge < -0.3 is 14.4 Å². The molecule has 0 unspecified atom stereocenters. The van der Waals surface area contributed by atoms with Crippen LogP contribution in [0.2, 0.25) is 0 Å². The largest absolute Gasteiger partial charge is 0.444 e. The molecule has 1 aromatic carbocycles. The maximum atomic E-state index is 12.2. The molecule has 0 bridgehead atoms. The predicted molar refractivity (Wildman–Crippen MR) is 82.3 cm³/mol. The number of aryl methyl sites for hydroxylation is 1. The molecule has 116 valence electrons. The fourth-order valence-electron chi connectivity index (χ4n) is 2.43. The van der Waals surface area contributed by atoms with Crippen LogP contribution in [0.15, 0.2) is 24.3 Å². The second kappa shape index (κ2) is 5.68. The van der Waals surface area contributed by atoms with Crippen LogP contribution in [0, 0.1) is 6.92 Å². The van der Waals surface area contributed by atoms with Crippen LogP contribution in [0.3, 0.4) is 0 Å². The zero-order chi connectivity index (χ0) is 15.7. The van der Waals surface area contributed by atoms with Gasteiger partial charge in [0.15, 0.2) is 0 Å². The van der Waals surface area contributed by atoms with Crippen molar-refractivity contribution in [1.29, 1.82) is 0 Å². The molecule has 1 atom stereocenters. The minimum atomic E-state index is -0.483. The fourth-order valence-corrected chi connectivity index (χ4v) is 2.43. The summed E-state index contributed by atoms with van der Waals surface area (Å²) in [6.45, 7) is 11.3. The number of hydrogen-bond acceptors (Lipinski definition) is 3. The number of benzene rings is 1. The molecule has 1 saturated heterocycles. The maximum Gasteiger partial charge on any atom is 0.410 e. The molecule has 0 saturated carbocycles. The van der Waals surface area contributed by atoms with Gasteiger partial charge in [0.1, 0.15) is 11.2 Å². The Morgan fingerprint density at radius 1 is 1.29 bits per heavy atom. The first-order valence-electron chi connectivity index (χ1n) is 7.39. The third-order valence-electron chi connectivity index (χ3n) is 3.59. The van der Waals surface area contributed by atoms with E-state index in [9.17, 15) is 4.79 Å². The normalized spacial score (nSPS) is 23.0. The SMILES string of the molecule is Cc1ccc([C@]2(C)CN(C(=O)OC(C)(C)C)CCO2)cc1. The number of morpholine rings is 1. The van der Waals surface area contributed by atoms with Crippen molar-refractivity contribution in [2.75, 3.05) is 19.7 Å². The second-order valence-corrected chi connectivity index (χ2v) is 6.85. The summed E-state index contributed by atoms with van der Waals surface area (Å²) in [6, 6.07) is 8.26.